The highest BCUT2D eigenvalue weighted by Gasteiger charge is 2.20. The second-order valence-corrected chi connectivity index (χ2v) is 9.38. The van der Waals surface area contributed by atoms with E-state index in [0.29, 0.717) is 35.0 Å². The zero-order valence-corrected chi connectivity index (χ0v) is 21.9. The Labute approximate surface area is 230 Å². The number of nitrogen functional groups attached to an aromatic ring is 1. The molecular weight excluding hydrogens is 508 g/mol. The van der Waals surface area contributed by atoms with E-state index in [1.54, 1.807) is 25.5 Å². The van der Waals surface area contributed by atoms with Gasteiger partial charge in [-0.15, -0.1) is 0 Å². The van der Waals surface area contributed by atoms with Gasteiger partial charge in [-0.25, -0.2) is 19.7 Å². The molecular formula is C29H28N8O3. The van der Waals surface area contributed by atoms with Crippen LogP contribution in [0, 0.1) is 0 Å². The Bertz CT molecular complexity index is 1720. The minimum absolute atomic E-state index is 0.154. The molecule has 3 heterocycles. The van der Waals surface area contributed by atoms with E-state index in [1.807, 2.05) is 48.5 Å². The van der Waals surface area contributed by atoms with Gasteiger partial charge in [0.05, 0.1) is 17.2 Å². The van der Waals surface area contributed by atoms with Gasteiger partial charge in [-0.1, -0.05) is 49.0 Å². The van der Waals surface area contributed by atoms with Gasteiger partial charge in [0.25, 0.3) is 0 Å². The quantitative estimate of drug-likeness (QED) is 0.240. The topological polar surface area (TPSA) is 152 Å². The molecule has 5 rings (SSSR count). The van der Waals surface area contributed by atoms with E-state index in [4.69, 9.17) is 10.7 Å². The standard InChI is InChI=1S/C29H28N8O3/c1-18(2)28(38)33-13-14-36(29(39)40)16-19-7-9-20(10-8-19)17-37-25-21-5-3-4-6-22(21)34-26(30)24(25)35-27(37)23-15-31-11-12-32-23/h3-12,15H,1,13-14,16-17H2,2H3,(H2,30,34)(H,33,38)(H,39,40). The van der Waals surface area contributed by atoms with Crippen LogP contribution in [0.4, 0.5) is 10.6 Å². The van der Waals surface area contributed by atoms with Crippen LogP contribution in [-0.2, 0) is 17.9 Å². The molecule has 0 atom stereocenters. The normalized spacial score (nSPS) is 11.0. The highest BCUT2D eigenvalue weighted by Crippen LogP contribution is 2.32. The summed E-state index contributed by atoms with van der Waals surface area (Å²) < 4.78 is 2.06. The van der Waals surface area contributed by atoms with Crippen LogP contribution in [0.3, 0.4) is 0 Å². The molecule has 3 aromatic heterocycles. The molecule has 0 aliphatic rings. The number of hydrogen-bond donors (Lipinski definition) is 3. The highest BCUT2D eigenvalue weighted by atomic mass is 16.4. The summed E-state index contributed by atoms with van der Waals surface area (Å²) >= 11 is 0. The zero-order chi connectivity index (χ0) is 28.2. The number of para-hydroxylation sites is 1. The molecule has 5 aromatic rings. The summed E-state index contributed by atoms with van der Waals surface area (Å²) in [6.45, 7) is 6.18. The largest absolute Gasteiger partial charge is 0.465 e. The van der Waals surface area contributed by atoms with Gasteiger partial charge >= 0.3 is 6.09 Å². The zero-order valence-electron chi connectivity index (χ0n) is 21.9. The monoisotopic (exact) mass is 536 g/mol. The summed E-state index contributed by atoms with van der Waals surface area (Å²) in [4.78, 5) is 42.8. The van der Waals surface area contributed by atoms with Crippen molar-refractivity contribution in [3.8, 4) is 11.5 Å². The summed E-state index contributed by atoms with van der Waals surface area (Å²) in [6.07, 6.45) is 3.82. The SMILES string of the molecule is C=C(C)C(=O)NCCN(Cc1ccc(Cn2c(-c3cnccn3)nc3c(N)nc4ccccc4c32)cc1)C(=O)O. The molecule has 2 aromatic carbocycles. The minimum atomic E-state index is -1.06. The Balaban J connectivity index is 1.44. The Kier molecular flexibility index (Phi) is 7.36. The molecule has 2 amide bonds. The number of carboxylic acid groups (broad SMARTS) is 1. The number of nitrogens with one attached hydrogen (secondary N) is 1. The fourth-order valence-corrected chi connectivity index (χ4v) is 4.47. The fraction of sp³-hybridized carbons (Fsp3) is 0.172. The molecule has 11 heteroatoms. The molecule has 0 radical (unpaired) electrons. The fourth-order valence-electron chi connectivity index (χ4n) is 4.47. The number of benzene rings is 2. The van der Waals surface area contributed by atoms with Gasteiger partial charge in [0.1, 0.15) is 11.2 Å². The molecule has 0 fully saturated rings. The van der Waals surface area contributed by atoms with E-state index in [-0.39, 0.29) is 25.5 Å². The number of anilines is 1. The second kappa shape index (κ2) is 11.2. The van der Waals surface area contributed by atoms with Crippen LogP contribution in [0.5, 0.6) is 0 Å². The predicted molar refractivity (Wildman–Crippen MR) is 152 cm³/mol. The average molecular weight is 537 g/mol. The summed E-state index contributed by atoms with van der Waals surface area (Å²) in [7, 11) is 0. The second-order valence-electron chi connectivity index (χ2n) is 9.38. The van der Waals surface area contributed by atoms with Crippen LogP contribution in [0.1, 0.15) is 18.1 Å². The average Bonchev–Trinajstić information content (AvgIpc) is 3.33. The Hall–Kier alpha value is -5.32. The van der Waals surface area contributed by atoms with Gasteiger partial charge in [-0.05, 0) is 24.1 Å². The first-order valence-corrected chi connectivity index (χ1v) is 12.6. The maximum absolute atomic E-state index is 11.8. The Morgan fingerprint density at radius 2 is 1.82 bits per heavy atom. The number of fused-ring (bicyclic) bond motifs is 3. The number of carbonyl (C=O) groups excluding carboxylic acids is 1. The lowest BCUT2D eigenvalue weighted by Gasteiger charge is -2.20. The van der Waals surface area contributed by atoms with E-state index in [9.17, 15) is 14.7 Å². The molecule has 0 bridgehead atoms. The number of carbonyl (C=O) groups is 2. The lowest BCUT2D eigenvalue weighted by atomic mass is 10.1. The predicted octanol–water partition coefficient (Wildman–Crippen LogP) is 3.84. The Morgan fingerprint density at radius 1 is 1.07 bits per heavy atom. The number of aromatic nitrogens is 5. The van der Waals surface area contributed by atoms with Crippen LogP contribution in [-0.4, -0.2) is 59.6 Å². The number of hydrogen-bond acceptors (Lipinski definition) is 7. The summed E-state index contributed by atoms with van der Waals surface area (Å²) in [5.74, 6) is 0.653. The van der Waals surface area contributed by atoms with E-state index in [1.165, 1.54) is 4.90 Å². The van der Waals surface area contributed by atoms with Crippen molar-refractivity contribution in [2.75, 3.05) is 18.8 Å². The van der Waals surface area contributed by atoms with E-state index < -0.39 is 6.09 Å². The van der Waals surface area contributed by atoms with Crippen LogP contribution >= 0.6 is 0 Å². The smallest absolute Gasteiger partial charge is 0.407 e. The minimum Gasteiger partial charge on any atom is -0.465 e. The lowest BCUT2D eigenvalue weighted by molar-refractivity contribution is -0.117. The van der Waals surface area contributed by atoms with Crippen molar-refractivity contribution in [1.29, 1.82) is 0 Å². The maximum atomic E-state index is 11.8. The van der Waals surface area contributed by atoms with Crippen molar-refractivity contribution in [1.82, 2.24) is 34.7 Å². The number of pyridine rings is 1. The first kappa shape index (κ1) is 26.3. The number of amides is 2. The van der Waals surface area contributed by atoms with Crippen molar-refractivity contribution in [2.24, 2.45) is 0 Å². The first-order valence-electron chi connectivity index (χ1n) is 12.6. The maximum Gasteiger partial charge on any atom is 0.407 e. The number of imidazole rings is 1. The van der Waals surface area contributed by atoms with E-state index >= 15 is 0 Å². The van der Waals surface area contributed by atoms with Crippen LogP contribution in [0.15, 0.2) is 79.3 Å². The highest BCUT2D eigenvalue weighted by molar-refractivity contribution is 6.07. The van der Waals surface area contributed by atoms with Gasteiger partial charge in [0, 0.05) is 49.5 Å². The molecule has 0 aliphatic carbocycles. The lowest BCUT2D eigenvalue weighted by Crippen LogP contribution is -2.37. The van der Waals surface area contributed by atoms with Crippen molar-refractivity contribution in [2.45, 2.75) is 20.0 Å². The molecule has 202 valence electrons. The number of nitrogens with zero attached hydrogens (tertiary/aromatic N) is 6. The van der Waals surface area contributed by atoms with Crippen molar-refractivity contribution < 1.29 is 14.7 Å². The number of nitrogens with two attached hydrogens (primary N) is 1. The van der Waals surface area contributed by atoms with Crippen LogP contribution in [0.25, 0.3) is 33.5 Å². The third-order valence-electron chi connectivity index (χ3n) is 6.47. The van der Waals surface area contributed by atoms with Crippen molar-refractivity contribution in [3.63, 3.8) is 0 Å². The molecule has 11 nitrogen and oxygen atoms in total. The Morgan fingerprint density at radius 3 is 2.52 bits per heavy atom. The van der Waals surface area contributed by atoms with Gasteiger partial charge < -0.3 is 25.6 Å². The third kappa shape index (κ3) is 5.44. The summed E-state index contributed by atoms with van der Waals surface area (Å²) in [5.41, 5.74) is 11.3. The van der Waals surface area contributed by atoms with Gasteiger partial charge in [0.15, 0.2) is 11.6 Å². The number of rotatable bonds is 9. The van der Waals surface area contributed by atoms with Crippen LogP contribution in [0.2, 0.25) is 0 Å². The van der Waals surface area contributed by atoms with Crippen molar-refractivity contribution in [3.05, 3.63) is 90.4 Å². The van der Waals surface area contributed by atoms with Gasteiger partial charge in [0.2, 0.25) is 5.91 Å². The van der Waals surface area contributed by atoms with Crippen LogP contribution < -0.4 is 11.1 Å². The molecule has 0 unspecified atom stereocenters. The molecule has 0 aliphatic heterocycles. The van der Waals surface area contributed by atoms with Gasteiger partial charge in [-0.2, -0.15) is 0 Å². The summed E-state index contributed by atoms with van der Waals surface area (Å²) in [6, 6.07) is 15.5. The molecule has 40 heavy (non-hydrogen) atoms. The van der Waals surface area contributed by atoms with E-state index in [2.05, 4.69) is 31.4 Å². The molecule has 0 saturated carbocycles. The van der Waals surface area contributed by atoms with Gasteiger partial charge in [-0.3, -0.25) is 9.78 Å². The molecule has 0 spiro atoms. The molecule has 4 N–H and O–H groups in total. The van der Waals surface area contributed by atoms with E-state index in [0.717, 1.165) is 27.5 Å². The molecule has 0 saturated heterocycles. The van der Waals surface area contributed by atoms with Crippen molar-refractivity contribution >= 4 is 39.8 Å². The first-order chi connectivity index (χ1) is 19.3. The third-order valence-corrected chi connectivity index (χ3v) is 6.47. The summed E-state index contributed by atoms with van der Waals surface area (Å²) in [5, 5.41) is 13.2.